The van der Waals surface area contributed by atoms with Gasteiger partial charge in [-0.2, -0.15) is 0 Å². The van der Waals surface area contributed by atoms with Gasteiger partial charge in [0.05, 0.1) is 5.52 Å². The Labute approximate surface area is 208 Å². The summed E-state index contributed by atoms with van der Waals surface area (Å²) >= 11 is 1.29. The molecular formula is C26H32N4O4S. The van der Waals surface area contributed by atoms with Gasteiger partial charge in [0, 0.05) is 25.6 Å². The largest absolute Gasteiger partial charge is 0.355 e. The molecule has 4 rings (SSSR count). The van der Waals surface area contributed by atoms with E-state index in [2.05, 4.69) is 10.6 Å². The van der Waals surface area contributed by atoms with Crippen LogP contribution < -0.4 is 21.9 Å². The predicted molar refractivity (Wildman–Crippen MR) is 137 cm³/mol. The van der Waals surface area contributed by atoms with Crippen molar-refractivity contribution in [2.45, 2.75) is 58.7 Å². The van der Waals surface area contributed by atoms with Crippen LogP contribution in [-0.2, 0) is 29.2 Å². The molecule has 0 aliphatic heterocycles. The fourth-order valence-corrected chi connectivity index (χ4v) is 5.55. The van der Waals surface area contributed by atoms with Crippen LogP contribution in [0, 0.1) is 11.8 Å². The topological polar surface area (TPSA) is 102 Å². The lowest BCUT2D eigenvalue weighted by Crippen LogP contribution is -2.44. The molecule has 2 N–H and O–H groups in total. The van der Waals surface area contributed by atoms with E-state index in [0.29, 0.717) is 29.9 Å². The predicted octanol–water partition coefficient (Wildman–Crippen LogP) is 2.87. The van der Waals surface area contributed by atoms with Crippen LogP contribution in [0.25, 0.3) is 10.2 Å². The number of thiophene rings is 1. The highest BCUT2D eigenvalue weighted by molar-refractivity contribution is 7.17. The van der Waals surface area contributed by atoms with Crippen LogP contribution in [0.15, 0.2) is 51.4 Å². The van der Waals surface area contributed by atoms with Gasteiger partial charge < -0.3 is 10.6 Å². The molecule has 1 aliphatic rings. The number of rotatable bonds is 9. The van der Waals surface area contributed by atoms with Gasteiger partial charge in [0.2, 0.25) is 11.8 Å². The van der Waals surface area contributed by atoms with Crippen LogP contribution in [0.4, 0.5) is 0 Å². The van der Waals surface area contributed by atoms with Gasteiger partial charge in [0.15, 0.2) is 0 Å². The van der Waals surface area contributed by atoms with Crippen LogP contribution in [0.2, 0.25) is 0 Å². The molecule has 1 aromatic carbocycles. The summed E-state index contributed by atoms with van der Waals surface area (Å²) in [7, 11) is 0. The van der Waals surface area contributed by atoms with E-state index in [9.17, 15) is 19.2 Å². The minimum atomic E-state index is -0.449. The van der Waals surface area contributed by atoms with Crippen LogP contribution in [-0.4, -0.2) is 27.5 Å². The molecule has 0 bridgehead atoms. The molecule has 35 heavy (non-hydrogen) atoms. The molecule has 2 aromatic heterocycles. The summed E-state index contributed by atoms with van der Waals surface area (Å²) in [6, 6.07) is 11.5. The lowest BCUT2D eigenvalue weighted by atomic mass is 9.81. The number of benzene rings is 1. The smallest absolute Gasteiger partial charge is 0.332 e. The Morgan fingerprint density at radius 3 is 2.46 bits per heavy atom. The monoisotopic (exact) mass is 496 g/mol. The Bertz CT molecular complexity index is 1290. The van der Waals surface area contributed by atoms with Crippen molar-refractivity contribution >= 4 is 33.4 Å². The number of amides is 2. The van der Waals surface area contributed by atoms with Gasteiger partial charge >= 0.3 is 5.69 Å². The van der Waals surface area contributed by atoms with Crippen molar-refractivity contribution in [3.05, 3.63) is 68.2 Å². The van der Waals surface area contributed by atoms with E-state index in [1.807, 2.05) is 37.3 Å². The SMILES string of the molecule is CCCNC(=O)Cn1c(=O)n(CC2CCC(C(=O)NCc3ccccc3)CC2)c(=O)c2sccc21. The van der Waals surface area contributed by atoms with Crippen molar-refractivity contribution in [1.29, 1.82) is 0 Å². The molecule has 0 saturated heterocycles. The Morgan fingerprint density at radius 2 is 1.74 bits per heavy atom. The number of fused-ring (bicyclic) bond motifs is 1. The van der Waals surface area contributed by atoms with Gasteiger partial charge in [-0.05, 0) is 55.0 Å². The zero-order valence-corrected chi connectivity index (χ0v) is 20.8. The van der Waals surface area contributed by atoms with Crippen molar-refractivity contribution < 1.29 is 9.59 Å². The molecule has 186 valence electrons. The zero-order chi connectivity index (χ0) is 24.8. The summed E-state index contributed by atoms with van der Waals surface area (Å²) in [5.41, 5.74) is 0.826. The van der Waals surface area contributed by atoms with E-state index in [4.69, 9.17) is 0 Å². The molecular weight excluding hydrogens is 464 g/mol. The number of hydrogen-bond donors (Lipinski definition) is 2. The van der Waals surface area contributed by atoms with Gasteiger partial charge in [-0.15, -0.1) is 11.3 Å². The van der Waals surface area contributed by atoms with E-state index in [1.165, 1.54) is 20.5 Å². The Balaban J connectivity index is 1.42. The van der Waals surface area contributed by atoms with Gasteiger partial charge in [0.1, 0.15) is 11.2 Å². The summed E-state index contributed by atoms with van der Waals surface area (Å²) in [4.78, 5) is 51.3. The molecule has 0 unspecified atom stereocenters. The van der Waals surface area contributed by atoms with Gasteiger partial charge in [0.25, 0.3) is 5.56 Å². The number of aromatic nitrogens is 2. The zero-order valence-electron chi connectivity index (χ0n) is 20.0. The highest BCUT2D eigenvalue weighted by atomic mass is 32.1. The van der Waals surface area contributed by atoms with E-state index in [0.717, 1.165) is 37.7 Å². The molecule has 0 atom stereocenters. The van der Waals surface area contributed by atoms with E-state index >= 15 is 0 Å². The summed E-state index contributed by atoms with van der Waals surface area (Å²) in [5.74, 6) is -0.0951. The van der Waals surface area contributed by atoms with Crippen LogP contribution >= 0.6 is 11.3 Å². The molecule has 2 heterocycles. The molecule has 1 fully saturated rings. The van der Waals surface area contributed by atoms with Crippen LogP contribution in [0.3, 0.4) is 0 Å². The van der Waals surface area contributed by atoms with E-state index in [1.54, 1.807) is 11.4 Å². The fourth-order valence-electron chi connectivity index (χ4n) is 4.71. The summed E-state index contributed by atoms with van der Waals surface area (Å²) in [6.07, 6.45) is 3.81. The molecule has 2 amide bonds. The first-order valence-corrected chi connectivity index (χ1v) is 13.1. The molecule has 8 nitrogen and oxygen atoms in total. The normalized spacial score (nSPS) is 17.9. The number of nitrogens with one attached hydrogen (secondary N) is 2. The second-order valence-corrected chi connectivity index (χ2v) is 10.1. The minimum absolute atomic E-state index is 0.0506. The van der Waals surface area contributed by atoms with Crippen molar-refractivity contribution in [3.8, 4) is 0 Å². The first-order valence-electron chi connectivity index (χ1n) is 12.3. The van der Waals surface area contributed by atoms with Crippen LogP contribution in [0.1, 0.15) is 44.6 Å². The van der Waals surface area contributed by atoms with Crippen molar-refractivity contribution in [3.63, 3.8) is 0 Å². The second-order valence-electron chi connectivity index (χ2n) is 9.19. The number of carbonyl (C=O) groups excluding carboxylic acids is 2. The van der Waals surface area contributed by atoms with Crippen molar-refractivity contribution in [1.82, 2.24) is 19.8 Å². The van der Waals surface area contributed by atoms with Gasteiger partial charge in [-0.3, -0.25) is 23.5 Å². The molecule has 0 spiro atoms. The summed E-state index contributed by atoms with van der Waals surface area (Å²) in [5, 5.41) is 7.59. The maximum absolute atomic E-state index is 13.3. The highest BCUT2D eigenvalue weighted by Crippen LogP contribution is 2.30. The van der Waals surface area contributed by atoms with Crippen LogP contribution in [0.5, 0.6) is 0 Å². The third kappa shape index (κ3) is 5.90. The minimum Gasteiger partial charge on any atom is -0.355 e. The molecule has 1 saturated carbocycles. The van der Waals surface area contributed by atoms with Crippen molar-refractivity contribution in [2.75, 3.05) is 6.54 Å². The van der Waals surface area contributed by atoms with E-state index < -0.39 is 5.69 Å². The Hall–Kier alpha value is -3.20. The first-order chi connectivity index (χ1) is 17.0. The molecule has 9 heteroatoms. The molecule has 3 aromatic rings. The molecule has 1 aliphatic carbocycles. The number of carbonyl (C=O) groups is 2. The van der Waals surface area contributed by atoms with E-state index in [-0.39, 0.29) is 35.8 Å². The van der Waals surface area contributed by atoms with Gasteiger partial charge in [-0.25, -0.2) is 4.79 Å². The highest BCUT2D eigenvalue weighted by Gasteiger charge is 2.27. The maximum Gasteiger partial charge on any atom is 0.332 e. The standard InChI is InChI=1S/C26H32N4O4S/c1-2-13-27-22(31)17-29-21-12-14-35-23(21)25(33)30(26(29)34)16-19-8-10-20(11-9-19)24(32)28-15-18-6-4-3-5-7-18/h3-7,12,14,19-20H,2,8-11,13,15-17H2,1H3,(H,27,31)(H,28,32). The molecule has 0 radical (unpaired) electrons. The number of nitrogens with zero attached hydrogens (tertiary/aromatic N) is 2. The summed E-state index contributed by atoms with van der Waals surface area (Å²) in [6.45, 7) is 3.22. The fraction of sp³-hybridized carbons (Fsp3) is 0.462. The Morgan fingerprint density at radius 1 is 1.00 bits per heavy atom. The number of hydrogen-bond acceptors (Lipinski definition) is 5. The second kappa shape index (κ2) is 11.5. The first kappa shape index (κ1) is 24.9. The summed E-state index contributed by atoms with van der Waals surface area (Å²) < 4.78 is 3.18. The quantitative estimate of drug-likeness (QED) is 0.476. The Kier molecular flexibility index (Phi) is 8.17. The maximum atomic E-state index is 13.3. The lowest BCUT2D eigenvalue weighted by Gasteiger charge is -2.28. The average molecular weight is 497 g/mol. The van der Waals surface area contributed by atoms with Gasteiger partial charge in [-0.1, -0.05) is 37.3 Å². The lowest BCUT2D eigenvalue weighted by molar-refractivity contribution is -0.126. The average Bonchev–Trinajstić information content (AvgIpc) is 3.37. The third-order valence-corrected chi connectivity index (χ3v) is 7.57. The van der Waals surface area contributed by atoms with Crippen molar-refractivity contribution in [2.24, 2.45) is 11.8 Å². The third-order valence-electron chi connectivity index (χ3n) is 6.68.